The molecule has 2 rings (SSSR count). The fourth-order valence-corrected chi connectivity index (χ4v) is 1.87. The van der Waals surface area contributed by atoms with Gasteiger partial charge in [0.25, 0.3) is 0 Å². The molecule has 0 unspecified atom stereocenters. The smallest absolute Gasteiger partial charge is 0.187 e. The summed E-state index contributed by atoms with van der Waals surface area (Å²) in [7, 11) is 1.58. The highest BCUT2D eigenvalue weighted by Crippen LogP contribution is 2.27. The van der Waals surface area contributed by atoms with Gasteiger partial charge in [0.2, 0.25) is 0 Å². The molecule has 0 heterocycles. The molecular formula is C16H14ClNO2. The van der Waals surface area contributed by atoms with Gasteiger partial charge in [-0.2, -0.15) is 0 Å². The van der Waals surface area contributed by atoms with E-state index in [-0.39, 0.29) is 5.78 Å². The molecule has 2 aromatic carbocycles. The topological polar surface area (TPSA) is 38.3 Å². The first kappa shape index (κ1) is 14.2. The van der Waals surface area contributed by atoms with Crippen molar-refractivity contribution in [3.05, 3.63) is 71.4 Å². The predicted octanol–water partition coefficient (Wildman–Crippen LogP) is 4.16. The number of nitrogens with one attached hydrogen (secondary N) is 1. The van der Waals surface area contributed by atoms with Gasteiger partial charge in [-0.3, -0.25) is 4.79 Å². The van der Waals surface area contributed by atoms with Crippen LogP contribution in [0.5, 0.6) is 5.75 Å². The molecular weight excluding hydrogens is 274 g/mol. The first-order valence-corrected chi connectivity index (χ1v) is 6.44. The highest BCUT2D eigenvalue weighted by molar-refractivity contribution is 6.30. The van der Waals surface area contributed by atoms with Gasteiger partial charge in [0.15, 0.2) is 5.78 Å². The Morgan fingerprint density at radius 3 is 2.65 bits per heavy atom. The van der Waals surface area contributed by atoms with Gasteiger partial charge in [0, 0.05) is 22.9 Å². The van der Waals surface area contributed by atoms with E-state index in [0.717, 1.165) is 0 Å². The molecule has 0 radical (unpaired) electrons. The number of ether oxygens (including phenoxy) is 1. The normalized spacial score (nSPS) is 10.5. The minimum atomic E-state index is -0.0703. The summed E-state index contributed by atoms with van der Waals surface area (Å²) in [5.74, 6) is 0.588. The summed E-state index contributed by atoms with van der Waals surface area (Å²) in [5.41, 5.74) is 1.35. The van der Waals surface area contributed by atoms with E-state index in [1.807, 2.05) is 18.2 Å². The van der Waals surface area contributed by atoms with Gasteiger partial charge in [-0.15, -0.1) is 0 Å². The Morgan fingerprint density at radius 2 is 1.95 bits per heavy atom. The highest BCUT2D eigenvalue weighted by atomic mass is 35.5. The molecule has 0 aliphatic rings. The molecule has 102 valence electrons. The van der Waals surface area contributed by atoms with Gasteiger partial charge in [0.05, 0.1) is 12.8 Å². The minimum absolute atomic E-state index is 0.0703. The Bertz CT molecular complexity index is 624. The molecule has 20 heavy (non-hydrogen) atoms. The summed E-state index contributed by atoms with van der Waals surface area (Å²) in [6, 6.07) is 14.3. The van der Waals surface area contributed by atoms with Crippen molar-refractivity contribution in [3.8, 4) is 5.75 Å². The molecule has 0 amide bonds. The maximum atomic E-state index is 11.9. The number of benzene rings is 2. The van der Waals surface area contributed by atoms with Gasteiger partial charge in [-0.1, -0.05) is 41.9 Å². The zero-order valence-electron chi connectivity index (χ0n) is 11.0. The van der Waals surface area contributed by atoms with Crippen LogP contribution < -0.4 is 10.1 Å². The van der Waals surface area contributed by atoms with Crippen molar-refractivity contribution in [2.24, 2.45) is 0 Å². The Hall–Kier alpha value is -2.26. The second kappa shape index (κ2) is 6.78. The van der Waals surface area contributed by atoms with Crippen molar-refractivity contribution in [1.29, 1.82) is 0 Å². The highest BCUT2D eigenvalue weighted by Gasteiger charge is 2.02. The summed E-state index contributed by atoms with van der Waals surface area (Å²) >= 11 is 5.92. The number of hydrogen-bond donors (Lipinski definition) is 1. The lowest BCUT2D eigenvalue weighted by molar-refractivity contribution is 0.104. The number of rotatable bonds is 5. The molecule has 0 aliphatic heterocycles. The molecule has 0 saturated carbocycles. The first-order valence-electron chi connectivity index (χ1n) is 6.06. The van der Waals surface area contributed by atoms with E-state index in [9.17, 15) is 4.79 Å². The van der Waals surface area contributed by atoms with Crippen LogP contribution in [0.3, 0.4) is 0 Å². The average molecular weight is 288 g/mol. The van der Waals surface area contributed by atoms with Crippen LogP contribution in [0.4, 0.5) is 5.69 Å². The standard InChI is InChI=1S/C16H14ClNO2/c1-20-16-8-7-13(17)11-14(16)18-10-9-15(19)12-5-3-2-4-6-12/h2-11,18H,1H3/b10-9+. The Balaban J connectivity index is 2.07. The SMILES string of the molecule is COc1ccc(Cl)cc1N/C=C/C(=O)c1ccccc1. The van der Waals surface area contributed by atoms with E-state index in [2.05, 4.69) is 5.32 Å². The molecule has 2 aromatic rings. The third-order valence-electron chi connectivity index (χ3n) is 2.69. The van der Waals surface area contributed by atoms with Crippen LogP contribution in [-0.2, 0) is 0 Å². The van der Waals surface area contributed by atoms with Gasteiger partial charge >= 0.3 is 0 Å². The summed E-state index contributed by atoms with van der Waals surface area (Å²) in [6.45, 7) is 0. The zero-order chi connectivity index (χ0) is 14.4. The molecule has 0 aromatic heterocycles. The summed E-state index contributed by atoms with van der Waals surface area (Å²) in [6.07, 6.45) is 3.04. The Morgan fingerprint density at radius 1 is 1.20 bits per heavy atom. The molecule has 1 N–H and O–H groups in total. The van der Waals surface area contributed by atoms with Crippen LogP contribution in [-0.4, -0.2) is 12.9 Å². The van der Waals surface area contributed by atoms with Crippen LogP contribution in [0, 0.1) is 0 Å². The number of allylic oxidation sites excluding steroid dienone is 1. The van der Waals surface area contributed by atoms with Crippen molar-refractivity contribution < 1.29 is 9.53 Å². The number of methoxy groups -OCH3 is 1. The van der Waals surface area contributed by atoms with Crippen molar-refractivity contribution in [2.75, 3.05) is 12.4 Å². The van der Waals surface area contributed by atoms with Crippen molar-refractivity contribution >= 4 is 23.1 Å². The third-order valence-corrected chi connectivity index (χ3v) is 2.93. The van der Waals surface area contributed by atoms with Gasteiger partial charge < -0.3 is 10.1 Å². The molecule has 0 fully saturated rings. The van der Waals surface area contributed by atoms with E-state index in [1.54, 1.807) is 43.6 Å². The van der Waals surface area contributed by atoms with Crippen molar-refractivity contribution in [1.82, 2.24) is 0 Å². The number of halogens is 1. The van der Waals surface area contributed by atoms with E-state index in [0.29, 0.717) is 22.0 Å². The van der Waals surface area contributed by atoms with Crippen molar-refractivity contribution in [3.63, 3.8) is 0 Å². The molecule has 0 bridgehead atoms. The Labute approximate surface area is 122 Å². The molecule has 4 heteroatoms. The van der Waals surface area contributed by atoms with Crippen LogP contribution in [0.2, 0.25) is 5.02 Å². The molecule has 0 saturated heterocycles. The maximum absolute atomic E-state index is 11.9. The molecule has 0 aliphatic carbocycles. The minimum Gasteiger partial charge on any atom is -0.495 e. The monoisotopic (exact) mass is 287 g/mol. The van der Waals surface area contributed by atoms with Crippen LogP contribution in [0.15, 0.2) is 60.8 Å². The third kappa shape index (κ3) is 3.62. The Kier molecular flexibility index (Phi) is 4.80. The summed E-state index contributed by atoms with van der Waals surface area (Å²) < 4.78 is 5.20. The van der Waals surface area contributed by atoms with Gasteiger partial charge in [-0.25, -0.2) is 0 Å². The quantitative estimate of drug-likeness (QED) is 0.663. The lowest BCUT2D eigenvalue weighted by Crippen LogP contribution is -1.97. The molecule has 0 atom stereocenters. The summed E-state index contributed by atoms with van der Waals surface area (Å²) in [4.78, 5) is 11.9. The van der Waals surface area contributed by atoms with Crippen LogP contribution >= 0.6 is 11.6 Å². The first-order chi connectivity index (χ1) is 9.70. The lowest BCUT2D eigenvalue weighted by atomic mass is 10.1. The fourth-order valence-electron chi connectivity index (χ4n) is 1.70. The second-order valence-corrected chi connectivity index (χ2v) is 4.49. The predicted molar refractivity (Wildman–Crippen MR) is 81.5 cm³/mol. The molecule has 3 nitrogen and oxygen atoms in total. The number of anilines is 1. The lowest BCUT2D eigenvalue weighted by Gasteiger charge is -2.08. The zero-order valence-corrected chi connectivity index (χ0v) is 11.7. The summed E-state index contributed by atoms with van der Waals surface area (Å²) in [5, 5.41) is 3.59. The van der Waals surface area contributed by atoms with E-state index >= 15 is 0 Å². The maximum Gasteiger partial charge on any atom is 0.187 e. The van der Waals surface area contributed by atoms with Crippen LogP contribution in [0.25, 0.3) is 0 Å². The molecule has 0 spiro atoms. The number of ketones is 1. The number of carbonyl (C=O) groups excluding carboxylic acids is 1. The number of hydrogen-bond acceptors (Lipinski definition) is 3. The van der Waals surface area contributed by atoms with Crippen molar-refractivity contribution in [2.45, 2.75) is 0 Å². The fraction of sp³-hybridized carbons (Fsp3) is 0.0625. The van der Waals surface area contributed by atoms with Crippen LogP contribution in [0.1, 0.15) is 10.4 Å². The number of carbonyl (C=O) groups is 1. The van der Waals surface area contributed by atoms with E-state index in [4.69, 9.17) is 16.3 Å². The van der Waals surface area contributed by atoms with Gasteiger partial charge in [0.1, 0.15) is 5.75 Å². The average Bonchev–Trinajstić information content (AvgIpc) is 2.48. The largest absolute Gasteiger partial charge is 0.495 e. The van der Waals surface area contributed by atoms with E-state index in [1.165, 1.54) is 6.08 Å². The van der Waals surface area contributed by atoms with Gasteiger partial charge in [-0.05, 0) is 18.2 Å². The second-order valence-electron chi connectivity index (χ2n) is 4.05. The van der Waals surface area contributed by atoms with E-state index < -0.39 is 0 Å².